The van der Waals surface area contributed by atoms with E-state index in [0.717, 1.165) is 25.5 Å². The second kappa shape index (κ2) is 5.99. The Labute approximate surface area is 134 Å². The predicted octanol–water partition coefficient (Wildman–Crippen LogP) is 1.94. The molecular formula is C16H21ClN4O. The van der Waals surface area contributed by atoms with E-state index in [-0.39, 0.29) is 11.6 Å². The Bertz CT molecular complexity index is 758. The highest BCUT2D eigenvalue weighted by Gasteiger charge is 2.24. The van der Waals surface area contributed by atoms with Gasteiger partial charge >= 0.3 is 0 Å². The lowest BCUT2D eigenvalue weighted by Gasteiger charge is -2.36. The molecule has 1 saturated heterocycles. The molecule has 6 heteroatoms. The number of halogens is 1. The number of aromatic nitrogens is 2. The average molecular weight is 321 g/mol. The van der Waals surface area contributed by atoms with E-state index in [1.807, 2.05) is 0 Å². The molecule has 1 aliphatic heterocycles. The first-order valence-corrected chi connectivity index (χ1v) is 7.99. The maximum absolute atomic E-state index is 12.6. The van der Waals surface area contributed by atoms with Crippen LogP contribution in [0.25, 0.3) is 10.9 Å². The normalized spacial score (nSPS) is 21.2. The fraction of sp³-hybridized carbons (Fsp3) is 0.500. The van der Waals surface area contributed by atoms with E-state index >= 15 is 0 Å². The molecule has 5 nitrogen and oxygen atoms in total. The molecule has 1 fully saturated rings. The summed E-state index contributed by atoms with van der Waals surface area (Å²) in [5.74, 6) is 0.786. The molecule has 1 N–H and O–H groups in total. The van der Waals surface area contributed by atoms with Gasteiger partial charge in [-0.15, -0.1) is 0 Å². The molecule has 2 aromatic rings. The van der Waals surface area contributed by atoms with Crippen LogP contribution in [-0.2, 0) is 7.05 Å². The minimum atomic E-state index is -0.0216. The van der Waals surface area contributed by atoms with Gasteiger partial charge in [-0.3, -0.25) is 14.3 Å². The SMILES string of the molecule is C[C@H]1CN([C@@H](C)c2nc3cc(Cl)ccc3c(=O)n2C)CCN1. The average Bonchev–Trinajstić information content (AvgIpc) is 2.50. The first-order valence-electron chi connectivity index (χ1n) is 7.61. The number of benzene rings is 1. The maximum atomic E-state index is 12.6. The molecule has 0 unspecified atom stereocenters. The summed E-state index contributed by atoms with van der Waals surface area (Å²) < 4.78 is 1.66. The molecule has 0 bridgehead atoms. The third kappa shape index (κ3) is 2.76. The number of hydrogen-bond donors (Lipinski definition) is 1. The zero-order valence-electron chi connectivity index (χ0n) is 13.1. The summed E-state index contributed by atoms with van der Waals surface area (Å²) in [5.41, 5.74) is 0.646. The highest BCUT2D eigenvalue weighted by molar-refractivity contribution is 6.31. The van der Waals surface area contributed by atoms with Crippen molar-refractivity contribution in [1.82, 2.24) is 19.8 Å². The highest BCUT2D eigenvalue weighted by atomic mass is 35.5. The van der Waals surface area contributed by atoms with Gasteiger partial charge in [0.15, 0.2) is 0 Å². The summed E-state index contributed by atoms with van der Waals surface area (Å²) >= 11 is 6.04. The zero-order chi connectivity index (χ0) is 15.9. The lowest BCUT2D eigenvalue weighted by Crippen LogP contribution is -2.50. The van der Waals surface area contributed by atoms with E-state index in [4.69, 9.17) is 16.6 Å². The quantitative estimate of drug-likeness (QED) is 0.919. The van der Waals surface area contributed by atoms with Crippen molar-refractivity contribution in [3.05, 3.63) is 39.4 Å². The van der Waals surface area contributed by atoms with Crippen LogP contribution in [0.1, 0.15) is 25.7 Å². The molecule has 22 heavy (non-hydrogen) atoms. The van der Waals surface area contributed by atoms with E-state index in [0.29, 0.717) is 22.0 Å². The Morgan fingerprint density at radius 3 is 2.95 bits per heavy atom. The fourth-order valence-corrected chi connectivity index (χ4v) is 3.28. The molecular weight excluding hydrogens is 300 g/mol. The standard InChI is InChI=1S/C16H21ClN4O/c1-10-9-21(7-6-18-10)11(2)15-19-14-8-12(17)4-5-13(14)16(22)20(15)3/h4-5,8,10-11,18H,6-7,9H2,1-3H3/t10-,11-/m0/s1. The maximum Gasteiger partial charge on any atom is 0.261 e. The number of piperazine rings is 1. The second-order valence-electron chi connectivity index (χ2n) is 6.02. The van der Waals surface area contributed by atoms with Gasteiger partial charge in [-0.25, -0.2) is 4.98 Å². The zero-order valence-corrected chi connectivity index (χ0v) is 13.9. The van der Waals surface area contributed by atoms with Gasteiger partial charge in [0.2, 0.25) is 0 Å². The van der Waals surface area contributed by atoms with Crippen LogP contribution < -0.4 is 10.9 Å². The predicted molar refractivity (Wildman–Crippen MR) is 89.4 cm³/mol. The third-order valence-corrected chi connectivity index (χ3v) is 4.63. The lowest BCUT2D eigenvalue weighted by atomic mass is 10.1. The van der Waals surface area contributed by atoms with Gasteiger partial charge in [0.1, 0.15) is 5.82 Å². The molecule has 2 atom stereocenters. The van der Waals surface area contributed by atoms with Crippen molar-refractivity contribution >= 4 is 22.5 Å². The van der Waals surface area contributed by atoms with Crippen molar-refractivity contribution in [2.24, 2.45) is 7.05 Å². The van der Waals surface area contributed by atoms with Crippen LogP contribution in [0.4, 0.5) is 0 Å². The van der Waals surface area contributed by atoms with Gasteiger partial charge in [-0.1, -0.05) is 11.6 Å². The van der Waals surface area contributed by atoms with Crippen LogP contribution >= 0.6 is 11.6 Å². The summed E-state index contributed by atoms with van der Waals surface area (Å²) in [7, 11) is 1.79. The minimum absolute atomic E-state index is 0.0216. The molecule has 3 rings (SSSR count). The van der Waals surface area contributed by atoms with Crippen molar-refractivity contribution in [2.75, 3.05) is 19.6 Å². The Balaban J connectivity index is 2.06. The first kappa shape index (κ1) is 15.5. The summed E-state index contributed by atoms with van der Waals surface area (Å²) in [6, 6.07) is 5.77. The smallest absolute Gasteiger partial charge is 0.261 e. The van der Waals surface area contributed by atoms with E-state index in [1.165, 1.54) is 0 Å². The van der Waals surface area contributed by atoms with Crippen molar-refractivity contribution in [3.63, 3.8) is 0 Å². The molecule has 1 aromatic carbocycles. The molecule has 118 valence electrons. The van der Waals surface area contributed by atoms with Crippen molar-refractivity contribution in [1.29, 1.82) is 0 Å². The summed E-state index contributed by atoms with van der Waals surface area (Å²) in [5, 5.41) is 4.64. The van der Waals surface area contributed by atoms with Crippen LogP contribution in [0.5, 0.6) is 0 Å². The minimum Gasteiger partial charge on any atom is -0.312 e. The largest absolute Gasteiger partial charge is 0.312 e. The molecule has 0 aliphatic carbocycles. The molecule has 2 heterocycles. The Morgan fingerprint density at radius 2 is 2.23 bits per heavy atom. The first-order chi connectivity index (χ1) is 10.5. The van der Waals surface area contributed by atoms with E-state index in [9.17, 15) is 4.79 Å². The van der Waals surface area contributed by atoms with Crippen molar-refractivity contribution in [2.45, 2.75) is 25.9 Å². The van der Waals surface area contributed by atoms with Gasteiger partial charge in [0.25, 0.3) is 5.56 Å². The topological polar surface area (TPSA) is 50.2 Å². The number of nitrogens with one attached hydrogen (secondary N) is 1. The Morgan fingerprint density at radius 1 is 1.45 bits per heavy atom. The van der Waals surface area contributed by atoms with Gasteiger partial charge in [0.05, 0.1) is 16.9 Å². The van der Waals surface area contributed by atoms with Crippen molar-refractivity contribution in [3.8, 4) is 0 Å². The molecule has 0 amide bonds. The lowest BCUT2D eigenvalue weighted by molar-refractivity contribution is 0.150. The Kier molecular flexibility index (Phi) is 4.21. The number of nitrogens with zero attached hydrogens (tertiary/aromatic N) is 3. The van der Waals surface area contributed by atoms with Gasteiger partial charge in [-0.2, -0.15) is 0 Å². The fourth-order valence-electron chi connectivity index (χ4n) is 3.11. The van der Waals surface area contributed by atoms with Gasteiger partial charge in [0, 0.05) is 37.7 Å². The Hall–Kier alpha value is -1.43. The second-order valence-corrected chi connectivity index (χ2v) is 6.46. The molecule has 0 spiro atoms. The number of rotatable bonds is 2. The monoisotopic (exact) mass is 320 g/mol. The van der Waals surface area contributed by atoms with Crippen LogP contribution in [0, 0.1) is 0 Å². The highest BCUT2D eigenvalue weighted by Crippen LogP contribution is 2.22. The molecule has 1 aliphatic rings. The molecule has 1 aromatic heterocycles. The number of hydrogen-bond acceptors (Lipinski definition) is 4. The van der Waals surface area contributed by atoms with Crippen LogP contribution in [0.15, 0.2) is 23.0 Å². The van der Waals surface area contributed by atoms with Gasteiger partial charge < -0.3 is 5.32 Å². The molecule has 0 saturated carbocycles. The summed E-state index contributed by atoms with van der Waals surface area (Å²) in [6.07, 6.45) is 0. The van der Waals surface area contributed by atoms with E-state index in [2.05, 4.69) is 24.1 Å². The van der Waals surface area contributed by atoms with Crippen LogP contribution in [0.2, 0.25) is 5.02 Å². The molecule has 0 radical (unpaired) electrons. The van der Waals surface area contributed by atoms with Gasteiger partial charge in [-0.05, 0) is 32.0 Å². The van der Waals surface area contributed by atoms with E-state index < -0.39 is 0 Å². The van der Waals surface area contributed by atoms with Crippen LogP contribution in [0.3, 0.4) is 0 Å². The number of fused-ring (bicyclic) bond motifs is 1. The third-order valence-electron chi connectivity index (χ3n) is 4.40. The van der Waals surface area contributed by atoms with Crippen molar-refractivity contribution < 1.29 is 0 Å². The van der Waals surface area contributed by atoms with E-state index in [1.54, 1.807) is 29.8 Å². The van der Waals surface area contributed by atoms with Crippen LogP contribution in [-0.4, -0.2) is 40.1 Å². The summed E-state index contributed by atoms with van der Waals surface area (Å²) in [6.45, 7) is 7.14. The summed E-state index contributed by atoms with van der Waals surface area (Å²) in [4.78, 5) is 19.6.